The molecule has 3 heterocycles. The molecule has 3 aromatic rings. The lowest BCUT2D eigenvalue weighted by molar-refractivity contribution is -0.389. The molecule has 10 nitrogen and oxygen atoms in total. The second-order valence-corrected chi connectivity index (χ2v) is 9.86. The Hall–Kier alpha value is -4.16. The summed E-state index contributed by atoms with van der Waals surface area (Å²) in [5.41, 5.74) is 0.400. The number of aromatic nitrogens is 2. The number of fused-ring (bicyclic) bond motifs is 1. The summed E-state index contributed by atoms with van der Waals surface area (Å²) in [4.78, 5) is 16.5. The fraction of sp³-hybridized carbons (Fsp3) is 0.423. The number of hydrogen-bond donors (Lipinski definition) is 0. The normalized spacial score (nSPS) is 19.3. The van der Waals surface area contributed by atoms with Gasteiger partial charge in [0.15, 0.2) is 5.60 Å². The minimum absolute atomic E-state index is 0.213. The van der Waals surface area contributed by atoms with Crippen LogP contribution in [0.5, 0.6) is 23.3 Å². The molecule has 2 aromatic carbocycles. The zero-order chi connectivity index (χ0) is 27.6. The molecule has 0 spiro atoms. The summed E-state index contributed by atoms with van der Waals surface area (Å²) in [5.74, 6) is 1.02. The third-order valence-corrected chi connectivity index (χ3v) is 6.66. The highest BCUT2D eigenvalue weighted by Gasteiger charge is 2.41. The lowest BCUT2D eigenvalue weighted by Crippen LogP contribution is -2.38. The van der Waals surface area contributed by atoms with Crippen molar-refractivity contribution in [1.29, 1.82) is 0 Å². The molecule has 2 aliphatic rings. The summed E-state index contributed by atoms with van der Waals surface area (Å²) >= 11 is 0. The number of imidazole rings is 1. The van der Waals surface area contributed by atoms with Crippen LogP contribution in [0.1, 0.15) is 19.8 Å². The van der Waals surface area contributed by atoms with Gasteiger partial charge >= 0.3 is 18.2 Å². The Kier molecular flexibility index (Phi) is 7.15. The number of nitro groups is 1. The monoisotopic (exact) mass is 548 g/mol. The number of alkyl halides is 3. The molecule has 1 atom stereocenters. The van der Waals surface area contributed by atoms with E-state index in [4.69, 9.17) is 14.2 Å². The smallest absolute Gasteiger partial charge is 0.493 e. The van der Waals surface area contributed by atoms with Crippen LogP contribution in [0, 0.1) is 16.0 Å². The number of piperidine rings is 1. The summed E-state index contributed by atoms with van der Waals surface area (Å²) in [6.07, 6.45) is -1.50. The Bertz CT molecular complexity index is 1270. The second-order valence-electron chi connectivity index (χ2n) is 9.86. The van der Waals surface area contributed by atoms with E-state index in [1.165, 1.54) is 30.5 Å². The first-order valence-corrected chi connectivity index (χ1v) is 12.4. The van der Waals surface area contributed by atoms with Gasteiger partial charge < -0.3 is 34.0 Å². The summed E-state index contributed by atoms with van der Waals surface area (Å²) in [7, 11) is 0. The zero-order valence-corrected chi connectivity index (χ0v) is 21.1. The van der Waals surface area contributed by atoms with Crippen LogP contribution in [0.3, 0.4) is 0 Å². The zero-order valence-electron chi connectivity index (χ0n) is 21.1. The number of rotatable bonds is 9. The van der Waals surface area contributed by atoms with Gasteiger partial charge in [0.1, 0.15) is 30.1 Å². The first-order valence-electron chi connectivity index (χ1n) is 12.4. The maximum absolute atomic E-state index is 12.3. The van der Waals surface area contributed by atoms with Gasteiger partial charge in [0.25, 0.3) is 0 Å². The molecule has 1 unspecified atom stereocenters. The average Bonchev–Trinajstić information content (AvgIpc) is 3.43. The number of benzene rings is 2. The molecular weight excluding hydrogens is 521 g/mol. The second kappa shape index (κ2) is 10.5. The van der Waals surface area contributed by atoms with Gasteiger partial charge in [-0.3, -0.25) is 4.57 Å². The molecule has 39 heavy (non-hydrogen) atoms. The Balaban J connectivity index is 1.04. The van der Waals surface area contributed by atoms with Crippen molar-refractivity contribution in [2.24, 2.45) is 5.92 Å². The molecule has 1 aromatic heterocycles. The van der Waals surface area contributed by atoms with E-state index in [2.05, 4.69) is 14.6 Å². The van der Waals surface area contributed by atoms with E-state index in [0.717, 1.165) is 31.6 Å². The van der Waals surface area contributed by atoms with Crippen molar-refractivity contribution < 1.29 is 37.0 Å². The van der Waals surface area contributed by atoms with Gasteiger partial charge in [0, 0.05) is 23.8 Å². The van der Waals surface area contributed by atoms with E-state index in [1.54, 1.807) is 4.57 Å². The third-order valence-electron chi connectivity index (χ3n) is 6.66. The SMILES string of the molecule is CC1(COc2ccc(N3CCC(COc4ccc(OC(F)(F)F)cc4)CC3)cc2)Cn2cc([N+](=O)[O-])nc2O1. The predicted molar refractivity (Wildman–Crippen MR) is 133 cm³/mol. The van der Waals surface area contributed by atoms with Gasteiger partial charge in [-0.2, -0.15) is 0 Å². The minimum atomic E-state index is -4.72. The molecule has 1 fully saturated rings. The van der Waals surface area contributed by atoms with E-state index in [0.29, 0.717) is 30.6 Å². The van der Waals surface area contributed by atoms with Gasteiger partial charge in [-0.15, -0.1) is 13.2 Å². The first-order chi connectivity index (χ1) is 18.6. The topological polar surface area (TPSA) is 101 Å². The number of ether oxygens (including phenoxy) is 4. The number of halogens is 3. The van der Waals surface area contributed by atoms with Gasteiger partial charge in [-0.05, 0) is 79.1 Å². The average molecular weight is 549 g/mol. The van der Waals surface area contributed by atoms with Crippen LogP contribution in [0.15, 0.2) is 54.7 Å². The largest absolute Gasteiger partial charge is 0.573 e. The predicted octanol–water partition coefficient (Wildman–Crippen LogP) is 5.22. The van der Waals surface area contributed by atoms with Crippen molar-refractivity contribution in [3.05, 3.63) is 64.8 Å². The van der Waals surface area contributed by atoms with Gasteiger partial charge in [0.05, 0.1) is 13.2 Å². The summed E-state index contributed by atoms with van der Waals surface area (Å²) < 4.78 is 59.9. The maximum atomic E-state index is 12.3. The molecule has 13 heteroatoms. The molecule has 0 saturated carbocycles. The van der Waals surface area contributed by atoms with Gasteiger partial charge in [0.2, 0.25) is 0 Å². The summed E-state index contributed by atoms with van der Waals surface area (Å²) in [6.45, 7) is 4.73. The fourth-order valence-corrected chi connectivity index (χ4v) is 4.66. The molecule has 1 saturated heterocycles. The number of nitrogens with zero attached hydrogens (tertiary/aromatic N) is 4. The quantitative estimate of drug-likeness (QED) is 0.265. The van der Waals surface area contributed by atoms with Crippen molar-refractivity contribution in [1.82, 2.24) is 9.55 Å². The Morgan fingerprint density at radius 1 is 1.05 bits per heavy atom. The van der Waals surface area contributed by atoms with Crippen LogP contribution in [-0.2, 0) is 6.54 Å². The van der Waals surface area contributed by atoms with Crippen LogP contribution in [0.4, 0.5) is 24.7 Å². The van der Waals surface area contributed by atoms with Crippen LogP contribution < -0.4 is 23.8 Å². The van der Waals surface area contributed by atoms with Crippen molar-refractivity contribution >= 4 is 11.5 Å². The summed E-state index contributed by atoms with van der Waals surface area (Å²) in [5, 5.41) is 10.9. The van der Waals surface area contributed by atoms with Gasteiger partial charge in [-0.1, -0.05) is 0 Å². The highest BCUT2D eigenvalue weighted by Crippen LogP contribution is 2.32. The molecule has 5 rings (SSSR count). The van der Waals surface area contributed by atoms with E-state index in [1.807, 2.05) is 31.2 Å². The molecule has 0 radical (unpaired) electrons. The van der Waals surface area contributed by atoms with E-state index in [9.17, 15) is 23.3 Å². The van der Waals surface area contributed by atoms with E-state index >= 15 is 0 Å². The summed E-state index contributed by atoms with van der Waals surface area (Å²) in [6, 6.07) is 13.4. The molecule has 0 amide bonds. The number of anilines is 1. The van der Waals surface area contributed by atoms with E-state index in [-0.39, 0.29) is 24.2 Å². The highest BCUT2D eigenvalue weighted by molar-refractivity contribution is 5.49. The number of hydrogen-bond acceptors (Lipinski definition) is 8. The van der Waals surface area contributed by atoms with Crippen molar-refractivity contribution in [2.45, 2.75) is 38.3 Å². The molecular formula is C26H27F3N4O6. The fourth-order valence-electron chi connectivity index (χ4n) is 4.66. The Morgan fingerprint density at radius 2 is 1.67 bits per heavy atom. The lowest BCUT2D eigenvalue weighted by atomic mass is 9.97. The molecule has 0 bridgehead atoms. The lowest BCUT2D eigenvalue weighted by Gasteiger charge is -2.33. The highest BCUT2D eigenvalue weighted by atomic mass is 19.4. The Labute approximate surface area is 222 Å². The van der Waals surface area contributed by atoms with Crippen molar-refractivity contribution in [3.63, 3.8) is 0 Å². The maximum Gasteiger partial charge on any atom is 0.573 e. The van der Waals surface area contributed by atoms with Crippen molar-refractivity contribution in [2.75, 3.05) is 31.2 Å². The third kappa shape index (κ3) is 6.65. The molecule has 0 N–H and O–H groups in total. The van der Waals surface area contributed by atoms with Crippen LogP contribution in [0.2, 0.25) is 0 Å². The van der Waals surface area contributed by atoms with Crippen LogP contribution in [-0.4, -0.2) is 52.7 Å². The molecule has 208 valence electrons. The standard InChI is InChI=1S/C26H27F3N4O6/c1-25(16-32-14-23(33(34)35)30-24(32)39-25)17-37-21-4-2-19(3-5-21)31-12-10-18(11-13-31)15-36-20-6-8-22(9-7-20)38-26(27,28)29/h2-9,14,18H,10-13,15-17H2,1H3. The van der Waals surface area contributed by atoms with Crippen molar-refractivity contribution in [3.8, 4) is 23.3 Å². The molecule has 0 aliphatic carbocycles. The van der Waals surface area contributed by atoms with Crippen LogP contribution in [0.25, 0.3) is 0 Å². The minimum Gasteiger partial charge on any atom is -0.493 e. The van der Waals surface area contributed by atoms with E-state index < -0.39 is 16.9 Å². The first kappa shape index (κ1) is 26.4. The Morgan fingerprint density at radius 3 is 2.28 bits per heavy atom. The van der Waals surface area contributed by atoms with Gasteiger partial charge in [-0.25, -0.2) is 0 Å². The van der Waals surface area contributed by atoms with Crippen LogP contribution >= 0.6 is 0 Å². The molecule has 2 aliphatic heterocycles.